The van der Waals surface area contributed by atoms with Crippen molar-refractivity contribution >= 4 is 5.91 Å². The summed E-state index contributed by atoms with van der Waals surface area (Å²) in [4.78, 5) is 16.3. The van der Waals surface area contributed by atoms with Gasteiger partial charge in [-0.2, -0.15) is 0 Å². The quantitative estimate of drug-likeness (QED) is 0.723. The van der Waals surface area contributed by atoms with Crippen LogP contribution >= 0.6 is 0 Å². The van der Waals surface area contributed by atoms with Crippen LogP contribution in [0.4, 0.5) is 0 Å². The van der Waals surface area contributed by atoms with Crippen molar-refractivity contribution in [3.63, 3.8) is 0 Å². The van der Waals surface area contributed by atoms with E-state index in [9.17, 15) is 4.79 Å². The second kappa shape index (κ2) is 9.85. The van der Waals surface area contributed by atoms with Crippen molar-refractivity contribution in [3.8, 4) is 0 Å². The molecule has 2 aromatic carbocycles. The summed E-state index contributed by atoms with van der Waals surface area (Å²) >= 11 is 0. The summed E-state index contributed by atoms with van der Waals surface area (Å²) in [5, 5.41) is 0. The normalized spacial score (nSPS) is 19.6. The van der Waals surface area contributed by atoms with Crippen LogP contribution in [0.15, 0.2) is 54.6 Å². The molecule has 0 aliphatic carbocycles. The summed E-state index contributed by atoms with van der Waals surface area (Å²) in [5.41, 5.74) is 3.28. The monoisotopic (exact) mass is 380 g/mol. The number of carbonyl (C=O) groups excluding carboxylic acids is 1. The van der Waals surface area contributed by atoms with Crippen molar-refractivity contribution in [2.75, 3.05) is 33.8 Å². The zero-order valence-corrected chi connectivity index (χ0v) is 17.3. The molecule has 150 valence electrons. The first-order valence-electron chi connectivity index (χ1n) is 10.3. The van der Waals surface area contributed by atoms with Crippen molar-refractivity contribution in [3.05, 3.63) is 71.3 Å². The molecule has 1 saturated heterocycles. The highest BCUT2D eigenvalue weighted by molar-refractivity contribution is 5.93. The molecule has 28 heavy (non-hydrogen) atoms. The van der Waals surface area contributed by atoms with Crippen molar-refractivity contribution in [1.29, 1.82) is 0 Å². The van der Waals surface area contributed by atoms with Gasteiger partial charge in [0.15, 0.2) is 0 Å². The summed E-state index contributed by atoms with van der Waals surface area (Å²) in [6.45, 7) is 5.17. The molecule has 4 heteroatoms. The van der Waals surface area contributed by atoms with E-state index >= 15 is 0 Å². The molecule has 1 aliphatic rings. The molecule has 0 spiro atoms. The molecule has 0 unspecified atom stereocenters. The SMILES string of the molecule is CCN(CCc1ccccc1)[C@@H]1CCO[C@H](c2ccc(C(=O)N(C)C)cc2)C1. The molecule has 2 atom stereocenters. The topological polar surface area (TPSA) is 32.8 Å². The van der Waals surface area contributed by atoms with E-state index in [0.29, 0.717) is 6.04 Å². The van der Waals surface area contributed by atoms with Crippen LogP contribution in [-0.4, -0.2) is 55.5 Å². The highest BCUT2D eigenvalue weighted by atomic mass is 16.5. The van der Waals surface area contributed by atoms with Gasteiger partial charge in [0.25, 0.3) is 5.91 Å². The molecule has 3 rings (SSSR count). The predicted molar refractivity (Wildman–Crippen MR) is 114 cm³/mol. The third-order valence-corrected chi connectivity index (χ3v) is 5.64. The molecule has 2 aromatic rings. The largest absolute Gasteiger partial charge is 0.373 e. The Morgan fingerprint density at radius 2 is 1.79 bits per heavy atom. The van der Waals surface area contributed by atoms with E-state index in [1.807, 2.05) is 24.3 Å². The van der Waals surface area contributed by atoms with Gasteiger partial charge in [0.05, 0.1) is 6.10 Å². The van der Waals surface area contributed by atoms with Gasteiger partial charge in [0.1, 0.15) is 0 Å². The van der Waals surface area contributed by atoms with Gasteiger partial charge in [-0.1, -0.05) is 49.4 Å². The maximum atomic E-state index is 12.1. The number of hydrogen-bond acceptors (Lipinski definition) is 3. The number of amides is 1. The predicted octanol–water partition coefficient (Wildman–Crippen LogP) is 4.17. The van der Waals surface area contributed by atoms with Gasteiger partial charge in [0.2, 0.25) is 0 Å². The lowest BCUT2D eigenvalue weighted by Crippen LogP contribution is -2.41. The van der Waals surface area contributed by atoms with Gasteiger partial charge < -0.3 is 14.5 Å². The summed E-state index contributed by atoms with van der Waals surface area (Å²) < 4.78 is 6.08. The minimum Gasteiger partial charge on any atom is -0.373 e. The number of carbonyl (C=O) groups is 1. The van der Waals surface area contributed by atoms with E-state index in [2.05, 4.69) is 42.2 Å². The van der Waals surface area contributed by atoms with Crippen molar-refractivity contribution in [1.82, 2.24) is 9.80 Å². The Labute approximate surface area is 169 Å². The number of hydrogen-bond donors (Lipinski definition) is 0. The number of ether oxygens (including phenoxy) is 1. The Bertz CT molecular complexity index is 743. The molecule has 0 saturated carbocycles. The summed E-state index contributed by atoms with van der Waals surface area (Å²) in [7, 11) is 3.56. The first-order valence-corrected chi connectivity index (χ1v) is 10.3. The van der Waals surface area contributed by atoms with Crippen molar-refractivity contribution < 1.29 is 9.53 Å². The molecule has 0 aromatic heterocycles. The van der Waals surface area contributed by atoms with E-state index in [4.69, 9.17) is 4.74 Å². The third kappa shape index (κ3) is 5.21. The van der Waals surface area contributed by atoms with Gasteiger partial charge >= 0.3 is 0 Å². The first-order chi connectivity index (χ1) is 13.6. The van der Waals surface area contributed by atoms with Crippen LogP contribution in [0.25, 0.3) is 0 Å². The molecular weight excluding hydrogens is 348 g/mol. The number of rotatable bonds is 7. The third-order valence-electron chi connectivity index (χ3n) is 5.64. The van der Waals surface area contributed by atoms with Crippen LogP contribution in [0.1, 0.15) is 47.4 Å². The van der Waals surface area contributed by atoms with Crippen LogP contribution in [0.3, 0.4) is 0 Å². The maximum Gasteiger partial charge on any atom is 0.253 e. The molecule has 4 nitrogen and oxygen atoms in total. The summed E-state index contributed by atoms with van der Waals surface area (Å²) in [6, 6.07) is 19.2. The fraction of sp³-hybridized carbons (Fsp3) is 0.458. The first kappa shape index (κ1) is 20.6. The van der Waals surface area contributed by atoms with E-state index in [-0.39, 0.29) is 12.0 Å². The Balaban J connectivity index is 1.61. The van der Waals surface area contributed by atoms with Gasteiger partial charge in [-0.3, -0.25) is 4.79 Å². The lowest BCUT2D eigenvalue weighted by atomic mass is 9.95. The van der Waals surface area contributed by atoms with Crippen LogP contribution in [-0.2, 0) is 11.2 Å². The summed E-state index contributed by atoms with van der Waals surface area (Å²) in [5.74, 6) is 0.0343. The molecule has 1 aliphatic heterocycles. The highest BCUT2D eigenvalue weighted by Gasteiger charge is 2.27. The zero-order valence-electron chi connectivity index (χ0n) is 17.3. The second-order valence-corrected chi connectivity index (χ2v) is 7.72. The van der Waals surface area contributed by atoms with Crippen molar-refractivity contribution in [2.45, 2.75) is 38.3 Å². The van der Waals surface area contributed by atoms with Crippen LogP contribution in [0.2, 0.25) is 0 Å². The van der Waals surface area contributed by atoms with Gasteiger partial charge in [-0.05, 0) is 49.1 Å². The Kier molecular flexibility index (Phi) is 7.24. The molecule has 1 amide bonds. The highest BCUT2D eigenvalue weighted by Crippen LogP contribution is 2.31. The number of likely N-dealkylation sites (N-methyl/N-ethyl adjacent to an activating group) is 1. The number of nitrogens with zero attached hydrogens (tertiary/aromatic N) is 2. The zero-order chi connectivity index (χ0) is 19.9. The van der Waals surface area contributed by atoms with E-state index in [0.717, 1.165) is 44.5 Å². The molecule has 0 N–H and O–H groups in total. The van der Waals surface area contributed by atoms with Crippen LogP contribution in [0.5, 0.6) is 0 Å². The van der Waals surface area contributed by atoms with E-state index in [1.165, 1.54) is 11.1 Å². The molecule has 1 fully saturated rings. The minimum absolute atomic E-state index is 0.0343. The fourth-order valence-electron chi connectivity index (χ4n) is 3.96. The maximum absolute atomic E-state index is 12.1. The smallest absolute Gasteiger partial charge is 0.253 e. The second-order valence-electron chi connectivity index (χ2n) is 7.72. The number of benzene rings is 2. The molecule has 1 heterocycles. The fourth-order valence-corrected chi connectivity index (χ4v) is 3.96. The van der Waals surface area contributed by atoms with E-state index in [1.54, 1.807) is 19.0 Å². The Hall–Kier alpha value is -2.17. The lowest BCUT2D eigenvalue weighted by molar-refractivity contribution is -0.0274. The van der Waals surface area contributed by atoms with Crippen molar-refractivity contribution in [2.24, 2.45) is 0 Å². The average Bonchev–Trinajstić information content (AvgIpc) is 2.74. The minimum atomic E-state index is 0.0343. The molecule has 0 bridgehead atoms. The molecular formula is C24H32N2O2. The molecule has 0 radical (unpaired) electrons. The Morgan fingerprint density at radius 3 is 2.43 bits per heavy atom. The van der Waals surface area contributed by atoms with Gasteiger partial charge in [0, 0.05) is 38.9 Å². The van der Waals surface area contributed by atoms with Crippen LogP contribution in [0, 0.1) is 0 Å². The van der Waals surface area contributed by atoms with Crippen LogP contribution < -0.4 is 0 Å². The average molecular weight is 381 g/mol. The van der Waals surface area contributed by atoms with E-state index < -0.39 is 0 Å². The standard InChI is InChI=1S/C24H32N2O2/c1-4-26(16-14-19-8-6-5-7-9-19)22-15-17-28-23(18-22)20-10-12-21(13-11-20)24(27)25(2)3/h5-13,22-23H,4,14-18H2,1-3H3/t22-,23+/m1/s1. The summed E-state index contributed by atoms with van der Waals surface area (Å²) in [6.07, 6.45) is 3.27. The van der Waals surface area contributed by atoms with Gasteiger partial charge in [-0.15, -0.1) is 0 Å². The Morgan fingerprint density at radius 1 is 1.07 bits per heavy atom. The van der Waals surface area contributed by atoms with Gasteiger partial charge in [-0.25, -0.2) is 0 Å². The lowest BCUT2D eigenvalue weighted by Gasteiger charge is -2.37.